The van der Waals surface area contributed by atoms with Crippen LogP contribution in [-0.4, -0.2) is 45.8 Å². The minimum atomic E-state index is -1.99. The van der Waals surface area contributed by atoms with E-state index in [2.05, 4.69) is 82.3 Å². The van der Waals surface area contributed by atoms with Crippen LogP contribution in [-0.2, 0) is 13.6 Å². The van der Waals surface area contributed by atoms with Crippen LogP contribution in [0.4, 0.5) is 0 Å². The highest BCUT2D eigenvalue weighted by Gasteiger charge is 2.45. The van der Waals surface area contributed by atoms with Gasteiger partial charge in [-0.1, -0.05) is 83.1 Å². The summed E-state index contributed by atoms with van der Waals surface area (Å²) >= 11 is 0. The molecule has 1 N–H and O–H groups in total. The molecule has 0 fully saturated rings. The lowest BCUT2D eigenvalue weighted by Gasteiger charge is -2.47. The molecule has 0 bridgehead atoms. The average Bonchev–Trinajstić information content (AvgIpc) is 2.71. The summed E-state index contributed by atoms with van der Waals surface area (Å²) in [6, 6.07) is 3.19. The van der Waals surface area contributed by atoms with Gasteiger partial charge in [0.2, 0.25) is 0 Å². The Morgan fingerprint density at radius 3 is 1.61 bits per heavy atom. The molecule has 198 valence electrons. The Bertz CT molecular complexity index is 571. The molecule has 0 aromatic rings. The number of rotatable bonds is 15. The molecule has 0 spiro atoms. The number of aliphatic hydroxyl groups is 1. The second kappa shape index (κ2) is 13.3. The lowest BCUT2D eigenvalue weighted by atomic mass is 9.81. The molecule has 0 aliphatic heterocycles. The van der Waals surface area contributed by atoms with Crippen molar-refractivity contribution in [2.45, 2.75) is 144 Å². The standard InChI is InChI=1S/C27H58O4Si2/c1-15-33(16-2,17-3)31-26(21(8)24(29)18-23(28)19(4)5)22(9)25(20(6)7)30-32(13,14)27(10,11)12/h19-22,24-26,29H,15-18H2,1-14H3/t21-,22-,24-,25-,26-/m0/s1. The summed E-state index contributed by atoms with van der Waals surface area (Å²) in [6.45, 7) is 30.8. The van der Waals surface area contributed by atoms with Gasteiger partial charge < -0.3 is 14.0 Å². The first kappa shape index (κ1) is 33.0. The van der Waals surface area contributed by atoms with Gasteiger partial charge in [0.15, 0.2) is 16.6 Å². The van der Waals surface area contributed by atoms with Crippen molar-refractivity contribution in [2.24, 2.45) is 23.7 Å². The lowest BCUT2D eigenvalue weighted by molar-refractivity contribution is -0.125. The van der Waals surface area contributed by atoms with Gasteiger partial charge in [0.25, 0.3) is 0 Å². The molecule has 0 saturated heterocycles. The molecule has 0 aromatic heterocycles. The summed E-state index contributed by atoms with van der Waals surface area (Å²) in [5.74, 6) is 0.369. The van der Waals surface area contributed by atoms with Crippen molar-refractivity contribution in [2.75, 3.05) is 0 Å². The van der Waals surface area contributed by atoms with E-state index in [1.54, 1.807) is 0 Å². The third-order valence-corrected chi connectivity index (χ3v) is 17.5. The van der Waals surface area contributed by atoms with Gasteiger partial charge in [-0.2, -0.15) is 0 Å². The van der Waals surface area contributed by atoms with Crippen molar-refractivity contribution in [1.29, 1.82) is 0 Å². The molecule has 5 atom stereocenters. The van der Waals surface area contributed by atoms with Gasteiger partial charge in [-0.3, -0.25) is 4.79 Å². The Hall–Kier alpha value is -0.0162. The summed E-state index contributed by atoms with van der Waals surface area (Å²) in [5.41, 5.74) is 0. The minimum Gasteiger partial charge on any atom is -0.413 e. The van der Waals surface area contributed by atoms with Gasteiger partial charge in [-0.05, 0) is 42.2 Å². The van der Waals surface area contributed by atoms with Crippen LogP contribution >= 0.6 is 0 Å². The van der Waals surface area contributed by atoms with Gasteiger partial charge in [0.05, 0.1) is 18.3 Å². The number of hydrogen-bond acceptors (Lipinski definition) is 4. The summed E-state index contributed by atoms with van der Waals surface area (Å²) < 4.78 is 14.1. The zero-order valence-corrected chi connectivity index (χ0v) is 26.5. The summed E-state index contributed by atoms with van der Waals surface area (Å²) in [7, 11) is -3.92. The zero-order valence-electron chi connectivity index (χ0n) is 24.5. The Kier molecular flexibility index (Phi) is 13.3. The van der Waals surface area contributed by atoms with Gasteiger partial charge in [-0.25, -0.2) is 0 Å². The molecule has 33 heavy (non-hydrogen) atoms. The van der Waals surface area contributed by atoms with Crippen molar-refractivity contribution in [3.63, 3.8) is 0 Å². The van der Waals surface area contributed by atoms with Gasteiger partial charge >= 0.3 is 0 Å². The van der Waals surface area contributed by atoms with Crippen LogP contribution in [0.3, 0.4) is 0 Å². The average molecular weight is 503 g/mol. The van der Waals surface area contributed by atoms with E-state index >= 15 is 0 Å². The maximum absolute atomic E-state index is 12.4. The molecule has 0 saturated carbocycles. The first-order chi connectivity index (χ1) is 14.9. The quantitative estimate of drug-likeness (QED) is 0.233. The molecule has 0 amide bonds. The monoisotopic (exact) mass is 502 g/mol. The molecule has 0 aliphatic carbocycles. The summed E-state index contributed by atoms with van der Waals surface area (Å²) in [4.78, 5) is 12.4. The van der Waals surface area contributed by atoms with Crippen LogP contribution in [0.15, 0.2) is 0 Å². The van der Waals surface area contributed by atoms with E-state index in [9.17, 15) is 9.90 Å². The number of ketones is 1. The summed E-state index contributed by atoms with van der Waals surface area (Å²) in [6.07, 6.45) is -0.600. The third kappa shape index (κ3) is 9.17. The van der Waals surface area contributed by atoms with Crippen LogP contribution in [0.2, 0.25) is 36.3 Å². The van der Waals surface area contributed by atoms with Crippen molar-refractivity contribution in [3.8, 4) is 0 Å². The Morgan fingerprint density at radius 1 is 0.818 bits per heavy atom. The SMILES string of the molecule is CC[Si](CC)(CC)O[C@@H]([C@@H](C)[C@@H](O)CC(=O)C(C)C)[C@@H](C)[C@@H](O[Si](C)(C)C(C)(C)C)C(C)C. The van der Waals surface area contributed by atoms with Gasteiger partial charge in [-0.15, -0.1) is 0 Å². The molecule has 0 rings (SSSR count). The van der Waals surface area contributed by atoms with Crippen molar-refractivity contribution in [3.05, 3.63) is 0 Å². The largest absolute Gasteiger partial charge is 0.413 e. The van der Waals surface area contributed by atoms with E-state index in [1.165, 1.54) is 0 Å². The van der Waals surface area contributed by atoms with Gasteiger partial charge in [0.1, 0.15) is 5.78 Å². The topological polar surface area (TPSA) is 55.8 Å². The highest BCUT2D eigenvalue weighted by Crippen LogP contribution is 2.41. The highest BCUT2D eigenvalue weighted by atomic mass is 28.4. The fourth-order valence-electron chi connectivity index (χ4n) is 4.38. The minimum absolute atomic E-state index is 0.0450. The first-order valence-electron chi connectivity index (χ1n) is 13.5. The van der Waals surface area contributed by atoms with E-state index in [4.69, 9.17) is 8.85 Å². The fraction of sp³-hybridized carbons (Fsp3) is 0.963. The van der Waals surface area contributed by atoms with Gasteiger partial charge in [0, 0.05) is 24.2 Å². The van der Waals surface area contributed by atoms with Crippen LogP contribution in [0.25, 0.3) is 0 Å². The second-order valence-electron chi connectivity index (χ2n) is 12.5. The van der Waals surface area contributed by atoms with E-state index < -0.39 is 22.7 Å². The third-order valence-electron chi connectivity index (χ3n) is 8.43. The number of aliphatic hydroxyl groups excluding tert-OH is 1. The van der Waals surface area contributed by atoms with Crippen LogP contribution in [0, 0.1) is 23.7 Å². The Morgan fingerprint density at radius 2 is 1.27 bits per heavy atom. The molecule has 4 nitrogen and oxygen atoms in total. The Labute approximate surface area is 208 Å². The maximum atomic E-state index is 12.4. The summed E-state index contributed by atoms with van der Waals surface area (Å²) in [5, 5.41) is 11.3. The van der Waals surface area contributed by atoms with Crippen molar-refractivity contribution >= 4 is 22.4 Å². The molecule has 0 unspecified atom stereocenters. The molecule has 0 aliphatic rings. The van der Waals surface area contributed by atoms with Crippen molar-refractivity contribution < 1.29 is 18.8 Å². The highest BCUT2D eigenvalue weighted by molar-refractivity contribution is 6.74. The number of Topliss-reactive ketones (excluding diaryl/α,β-unsaturated/α-hetero) is 1. The maximum Gasteiger partial charge on any atom is 0.192 e. The van der Waals surface area contributed by atoms with Crippen LogP contribution < -0.4 is 0 Å². The molecular weight excluding hydrogens is 444 g/mol. The normalized spacial score (nSPS) is 18.3. The van der Waals surface area contributed by atoms with Crippen LogP contribution in [0.5, 0.6) is 0 Å². The number of hydrogen-bond donors (Lipinski definition) is 1. The molecular formula is C27H58O4Si2. The predicted octanol–water partition coefficient (Wildman–Crippen LogP) is 7.67. The first-order valence-corrected chi connectivity index (χ1v) is 18.9. The second-order valence-corrected chi connectivity index (χ2v) is 22.0. The molecule has 0 aromatic carbocycles. The molecule has 0 radical (unpaired) electrons. The van der Waals surface area contributed by atoms with Crippen molar-refractivity contribution in [1.82, 2.24) is 0 Å². The fourth-order valence-corrected chi connectivity index (χ4v) is 8.91. The zero-order chi connectivity index (χ0) is 26.4. The number of carbonyl (C=O) groups is 1. The van der Waals surface area contributed by atoms with E-state index in [-0.39, 0.29) is 47.2 Å². The predicted molar refractivity (Wildman–Crippen MR) is 148 cm³/mol. The Balaban J connectivity index is 6.22. The van der Waals surface area contributed by atoms with E-state index in [0.717, 1.165) is 18.1 Å². The van der Waals surface area contributed by atoms with E-state index in [0.29, 0.717) is 5.92 Å². The number of carbonyl (C=O) groups excluding carboxylic acids is 1. The van der Waals surface area contributed by atoms with E-state index in [1.807, 2.05) is 13.8 Å². The van der Waals surface area contributed by atoms with Crippen LogP contribution in [0.1, 0.15) is 89.5 Å². The molecule has 0 heterocycles. The molecule has 6 heteroatoms. The smallest absolute Gasteiger partial charge is 0.192 e. The lowest BCUT2D eigenvalue weighted by Crippen LogP contribution is -2.53.